The molecule has 2 aliphatic rings. The van der Waals surface area contributed by atoms with Gasteiger partial charge in [0.05, 0.1) is 12.5 Å². The van der Waals surface area contributed by atoms with Gasteiger partial charge in [0.2, 0.25) is 5.91 Å². The first-order chi connectivity index (χ1) is 12.3. The van der Waals surface area contributed by atoms with Crippen molar-refractivity contribution in [2.24, 2.45) is 0 Å². The van der Waals surface area contributed by atoms with Gasteiger partial charge in [-0.2, -0.15) is 0 Å². The number of amides is 1. The van der Waals surface area contributed by atoms with Crippen LogP contribution in [-0.4, -0.2) is 47.9 Å². The summed E-state index contributed by atoms with van der Waals surface area (Å²) in [5.41, 5.74) is 1.00. The minimum Gasteiger partial charge on any atom is -0.396 e. The van der Waals surface area contributed by atoms with E-state index in [1.807, 2.05) is 18.3 Å². The fraction of sp³-hybridized carbons (Fsp3) is 0.684. The molecule has 0 spiro atoms. The van der Waals surface area contributed by atoms with Gasteiger partial charge in [0, 0.05) is 38.5 Å². The summed E-state index contributed by atoms with van der Waals surface area (Å²) in [7, 11) is 0. The third kappa shape index (κ3) is 5.16. The minimum absolute atomic E-state index is 0.0371. The van der Waals surface area contributed by atoms with Gasteiger partial charge in [-0.3, -0.25) is 4.79 Å². The molecule has 1 aromatic heterocycles. The first-order valence-electron chi connectivity index (χ1n) is 9.47. The minimum atomic E-state index is 0.0371. The van der Waals surface area contributed by atoms with Crippen LogP contribution >= 0.6 is 0 Å². The van der Waals surface area contributed by atoms with Crippen LogP contribution in [0.2, 0.25) is 0 Å². The van der Waals surface area contributed by atoms with Crippen LogP contribution in [0.3, 0.4) is 0 Å². The van der Waals surface area contributed by atoms with E-state index < -0.39 is 0 Å². The lowest BCUT2D eigenvalue weighted by molar-refractivity contribution is -0.123. The second-order valence-electron chi connectivity index (χ2n) is 7.00. The molecule has 25 heavy (non-hydrogen) atoms. The number of nitrogens with zero attached hydrogens (tertiary/aromatic N) is 2. The third-order valence-corrected chi connectivity index (χ3v) is 5.12. The summed E-state index contributed by atoms with van der Waals surface area (Å²) in [6, 6.07) is 4.43. The molecule has 3 heterocycles. The molecule has 0 aromatic carbocycles. The molecule has 0 saturated carbocycles. The van der Waals surface area contributed by atoms with Crippen molar-refractivity contribution in [3.8, 4) is 0 Å². The number of aromatic nitrogens is 1. The Kier molecular flexibility index (Phi) is 6.64. The van der Waals surface area contributed by atoms with E-state index in [0.717, 1.165) is 50.2 Å². The van der Waals surface area contributed by atoms with Gasteiger partial charge < -0.3 is 20.1 Å². The van der Waals surface area contributed by atoms with Gasteiger partial charge in [-0.15, -0.1) is 0 Å². The molecule has 138 valence electrons. The van der Waals surface area contributed by atoms with E-state index in [-0.39, 0.29) is 18.6 Å². The summed E-state index contributed by atoms with van der Waals surface area (Å²) < 4.78 is 5.49. The van der Waals surface area contributed by atoms with Crippen molar-refractivity contribution >= 4 is 11.7 Å². The third-order valence-electron chi connectivity index (χ3n) is 5.12. The Bertz CT molecular complexity index is 541. The standard InChI is InChI=1S/C19H29N3O3/c23-10-8-16-4-1-2-9-22(16)18-7-6-15(13-20-18)14-21-19(24)12-17-5-3-11-25-17/h6-7,13,16-17,23H,1-5,8-12,14H2,(H,21,24)/t16-,17+/m0/s1. The van der Waals surface area contributed by atoms with Gasteiger partial charge in [-0.05, 0) is 50.2 Å². The van der Waals surface area contributed by atoms with Crippen LogP contribution in [0.4, 0.5) is 5.82 Å². The summed E-state index contributed by atoms with van der Waals surface area (Å²) in [5.74, 6) is 1.00. The number of hydrogen-bond acceptors (Lipinski definition) is 5. The average molecular weight is 347 g/mol. The number of pyridine rings is 1. The van der Waals surface area contributed by atoms with Crippen molar-refractivity contribution in [2.45, 2.75) is 63.6 Å². The number of anilines is 1. The Morgan fingerprint density at radius 2 is 2.24 bits per heavy atom. The number of nitrogens with one attached hydrogen (secondary N) is 1. The van der Waals surface area contributed by atoms with E-state index in [2.05, 4.69) is 15.2 Å². The number of rotatable bonds is 7. The molecule has 0 radical (unpaired) electrons. The van der Waals surface area contributed by atoms with E-state index in [1.54, 1.807) is 0 Å². The summed E-state index contributed by atoms with van der Waals surface area (Å²) in [5, 5.41) is 12.2. The van der Waals surface area contributed by atoms with Gasteiger partial charge in [-0.25, -0.2) is 4.98 Å². The quantitative estimate of drug-likeness (QED) is 0.789. The number of aliphatic hydroxyl groups excluding tert-OH is 1. The normalized spacial score (nSPS) is 23.6. The van der Waals surface area contributed by atoms with Crippen molar-refractivity contribution in [1.29, 1.82) is 0 Å². The first-order valence-corrected chi connectivity index (χ1v) is 9.47. The molecule has 6 heteroatoms. The molecule has 1 aromatic rings. The van der Waals surface area contributed by atoms with Crippen LogP contribution < -0.4 is 10.2 Å². The zero-order chi connectivity index (χ0) is 17.5. The smallest absolute Gasteiger partial charge is 0.222 e. The monoisotopic (exact) mass is 347 g/mol. The van der Waals surface area contributed by atoms with E-state index in [1.165, 1.54) is 12.8 Å². The summed E-state index contributed by atoms with van der Waals surface area (Å²) >= 11 is 0. The fourth-order valence-electron chi connectivity index (χ4n) is 3.73. The van der Waals surface area contributed by atoms with Crippen LogP contribution in [0.25, 0.3) is 0 Å². The van der Waals surface area contributed by atoms with Crippen molar-refractivity contribution in [3.05, 3.63) is 23.9 Å². The second-order valence-corrected chi connectivity index (χ2v) is 7.00. The lowest BCUT2D eigenvalue weighted by atomic mass is 9.99. The van der Waals surface area contributed by atoms with Gasteiger partial charge in [-0.1, -0.05) is 6.07 Å². The summed E-state index contributed by atoms with van der Waals surface area (Å²) in [4.78, 5) is 18.8. The number of aliphatic hydroxyl groups is 1. The lowest BCUT2D eigenvalue weighted by Crippen LogP contribution is -2.40. The van der Waals surface area contributed by atoms with Crippen LogP contribution in [0.15, 0.2) is 18.3 Å². The number of ether oxygens (including phenoxy) is 1. The highest BCUT2D eigenvalue weighted by atomic mass is 16.5. The molecule has 3 rings (SSSR count). The number of piperidine rings is 1. The molecule has 0 unspecified atom stereocenters. The van der Waals surface area contributed by atoms with Gasteiger partial charge in [0.25, 0.3) is 0 Å². The Hall–Kier alpha value is -1.66. The van der Waals surface area contributed by atoms with Crippen LogP contribution in [0.1, 0.15) is 50.5 Å². The number of hydrogen-bond donors (Lipinski definition) is 2. The maximum atomic E-state index is 12.0. The van der Waals surface area contributed by atoms with E-state index in [9.17, 15) is 9.90 Å². The molecular formula is C19H29N3O3. The summed E-state index contributed by atoms with van der Waals surface area (Å²) in [6.45, 7) is 2.49. The molecule has 2 fully saturated rings. The van der Waals surface area contributed by atoms with E-state index >= 15 is 0 Å². The zero-order valence-corrected chi connectivity index (χ0v) is 14.8. The van der Waals surface area contributed by atoms with Crippen molar-refractivity contribution < 1.29 is 14.6 Å². The maximum absolute atomic E-state index is 12.0. The van der Waals surface area contributed by atoms with E-state index in [4.69, 9.17) is 4.74 Å². The molecular weight excluding hydrogens is 318 g/mol. The Labute approximate surface area is 149 Å². The first kappa shape index (κ1) is 18.1. The molecule has 2 aliphatic heterocycles. The van der Waals surface area contributed by atoms with Crippen LogP contribution in [-0.2, 0) is 16.1 Å². The van der Waals surface area contributed by atoms with Crippen molar-refractivity contribution in [3.63, 3.8) is 0 Å². The average Bonchev–Trinajstić information content (AvgIpc) is 3.14. The van der Waals surface area contributed by atoms with Gasteiger partial charge in [0.15, 0.2) is 0 Å². The lowest BCUT2D eigenvalue weighted by Gasteiger charge is -2.36. The van der Waals surface area contributed by atoms with E-state index in [0.29, 0.717) is 19.0 Å². The largest absolute Gasteiger partial charge is 0.396 e. The van der Waals surface area contributed by atoms with Crippen LogP contribution in [0, 0.1) is 0 Å². The molecule has 0 aliphatic carbocycles. The fourth-order valence-corrected chi connectivity index (χ4v) is 3.73. The predicted molar refractivity (Wildman–Crippen MR) is 96.4 cm³/mol. The molecule has 6 nitrogen and oxygen atoms in total. The second kappa shape index (κ2) is 9.15. The van der Waals surface area contributed by atoms with Crippen molar-refractivity contribution in [1.82, 2.24) is 10.3 Å². The highest BCUT2D eigenvalue weighted by Crippen LogP contribution is 2.25. The van der Waals surface area contributed by atoms with Gasteiger partial charge in [0.1, 0.15) is 5.82 Å². The molecule has 0 bridgehead atoms. The van der Waals surface area contributed by atoms with Gasteiger partial charge >= 0.3 is 0 Å². The van der Waals surface area contributed by atoms with Crippen molar-refractivity contribution in [2.75, 3.05) is 24.7 Å². The molecule has 2 atom stereocenters. The number of carbonyl (C=O) groups excluding carboxylic acids is 1. The Morgan fingerprint density at radius 1 is 1.32 bits per heavy atom. The predicted octanol–water partition coefficient (Wildman–Crippen LogP) is 2.01. The molecule has 2 N–H and O–H groups in total. The summed E-state index contributed by atoms with van der Waals surface area (Å²) in [6.07, 6.45) is 8.70. The van der Waals surface area contributed by atoms with Crippen LogP contribution in [0.5, 0.6) is 0 Å². The topological polar surface area (TPSA) is 74.7 Å². The highest BCUT2D eigenvalue weighted by Gasteiger charge is 2.23. The SMILES string of the molecule is O=C(C[C@H]1CCCO1)NCc1ccc(N2CCCC[C@H]2CCO)nc1. The highest BCUT2D eigenvalue weighted by molar-refractivity contribution is 5.76. The molecule has 2 saturated heterocycles. The number of carbonyl (C=O) groups is 1. The Balaban J connectivity index is 1.50. The Morgan fingerprint density at radius 3 is 2.96 bits per heavy atom. The molecule has 1 amide bonds. The maximum Gasteiger partial charge on any atom is 0.222 e. The zero-order valence-electron chi connectivity index (χ0n) is 14.8.